The summed E-state index contributed by atoms with van der Waals surface area (Å²) in [5, 5.41) is 6.78. The summed E-state index contributed by atoms with van der Waals surface area (Å²) in [4.78, 5) is 50.4. The van der Waals surface area contributed by atoms with Crippen LogP contribution in [0.3, 0.4) is 0 Å². The summed E-state index contributed by atoms with van der Waals surface area (Å²) in [6, 6.07) is 14.0. The Bertz CT molecular complexity index is 2040. The third kappa shape index (κ3) is 4.17. The first-order valence-corrected chi connectivity index (χ1v) is 12.2. The Morgan fingerprint density at radius 3 is 2.52 bits per heavy atom. The van der Waals surface area contributed by atoms with Crippen LogP contribution in [-0.2, 0) is 0 Å². The minimum atomic E-state index is -1.12. The quantitative estimate of drug-likeness (QED) is 0.351. The fraction of sp³-hybridized carbons (Fsp3) is 0.0714. The largest absolute Gasteiger partial charge is 0.337 e. The van der Waals surface area contributed by atoms with Gasteiger partial charge in [0.15, 0.2) is 5.52 Å². The van der Waals surface area contributed by atoms with Crippen molar-refractivity contribution in [1.82, 2.24) is 33.9 Å². The van der Waals surface area contributed by atoms with E-state index in [1.165, 1.54) is 16.8 Å². The lowest BCUT2D eigenvalue weighted by atomic mass is 10.1. The van der Waals surface area contributed by atoms with Crippen molar-refractivity contribution in [3.05, 3.63) is 118 Å². The number of anilines is 1. The highest BCUT2D eigenvalue weighted by atomic mass is 19.1. The topological polar surface area (TPSA) is 132 Å². The molecular formula is C28H21FN8O3. The van der Waals surface area contributed by atoms with Gasteiger partial charge in [-0.15, -0.1) is 0 Å². The number of aromatic amines is 1. The minimum Gasteiger partial charge on any atom is -0.304 e. The molecule has 40 heavy (non-hydrogen) atoms. The number of nitrogens with one attached hydrogen (secondary N) is 2. The molecule has 0 spiro atoms. The maximum Gasteiger partial charge on any atom is 0.337 e. The SMILES string of the molecule is Cc1nn(-c2cccc(-c3cccnc3)c2)c2c(=O)n(C(=O)Nc3ccc(-n4ccnc4C)cc3F)c(=O)[nH]c12. The first-order chi connectivity index (χ1) is 19.3. The minimum absolute atomic E-state index is 0.0120. The third-order valence-corrected chi connectivity index (χ3v) is 6.49. The molecule has 4 aromatic heterocycles. The zero-order chi connectivity index (χ0) is 28.0. The Balaban J connectivity index is 1.40. The van der Waals surface area contributed by atoms with Gasteiger partial charge < -0.3 is 14.9 Å². The van der Waals surface area contributed by atoms with Gasteiger partial charge in [0.25, 0.3) is 5.56 Å². The van der Waals surface area contributed by atoms with Crippen molar-refractivity contribution in [3.63, 3.8) is 0 Å². The lowest BCUT2D eigenvalue weighted by Crippen LogP contribution is -2.42. The highest BCUT2D eigenvalue weighted by Gasteiger charge is 2.22. The van der Waals surface area contributed by atoms with E-state index in [1.54, 1.807) is 61.4 Å². The van der Waals surface area contributed by atoms with Gasteiger partial charge >= 0.3 is 11.7 Å². The van der Waals surface area contributed by atoms with Crippen molar-refractivity contribution in [2.45, 2.75) is 13.8 Å². The molecule has 0 saturated heterocycles. The lowest BCUT2D eigenvalue weighted by molar-refractivity contribution is 0.252. The standard InChI is InChI=1S/C28H21FN8O3/c1-16-24-25(37(34-16)21-7-3-5-18(13-21)19-6-4-10-30-15-19)26(38)36(28(40)33-24)27(39)32-23-9-8-20(14-22(23)29)35-12-11-31-17(35)2/h3-15H,1-2H3,(H,32,39)(H,33,40). The van der Waals surface area contributed by atoms with Gasteiger partial charge in [0.1, 0.15) is 11.6 Å². The average Bonchev–Trinajstić information content (AvgIpc) is 3.53. The molecule has 6 aromatic rings. The molecule has 0 aliphatic heterocycles. The van der Waals surface area contributed by atoms with E-state index in [0.717, 1.165) is 11.1 Å². The van der Waals surface area contributed by atoms with Crippen LogP contribution in [0.4, 0.5) is 14.9 Å². The van der Waals surface area contributed by atoms with Crippen LogP contribution in [0.15, 0.2) is 89.0 Å². The number of aromatic nitrogens is 7. The van der Waals surface area contributed by atoms with Crippen LogP contribution in [-0.4, -0.2) is 39.9 Å². The first kappa shape index (κ1) is 24.7. The van der Waals surface area contributed by atoms with E-state index in [4.69, 9.17) is 0 Å². The molecule has 0 bridgehead atoms. The smallest absolute Gasteiger partial charge is 0.304 e. The number of pyridine rings is 1. The number of nitrogens with zero attached hydrogens (tertiary/aromatic N) is 6. The van der Waals surface area contributed by atoms with E-state index in [0.29, 0.717) is 27.5 Å². The molecule has 0 aliphatic carbocycles. The molecule has 6 rings (SSSR count). The van der Waals surface area contributed by atoms with Crippen molar-refractivity contribution >= 4 is 22.8 Å². The van der Waals surface area contributed by atoms with Crippen molar-refractivity contribution in [2.24, 2.45) is 0 Å². The molecule has 0 aliphatic rings. The van der Waals surface area contributed by atoms with Gasteiger partial charge in [-0.05, 0) is 49.7 Å². The monoisotopic (exact) mass is 536 g/mol. The van der Waals surface area contributed by atoms with Gasteiger partial charge in [-0.1, -0.05) is 18.2 Å². The molecule has 0 radical (unpaired) electrons. The fourth-order valence-corrected chi connectivity index (χ4v) is 4.53. The summed E-state index contributed by atoms with van der Waals surface area (Å²) in [5.74, 6) is -0.0990. The van der Waals surface area contributed by atoms with E-state index in [-0.39, 0.29) is 16.7 Å². The second kappa shape index (κ2) is 9.58. The predicted octanol–water partition coefficient (Wildman–Crippen LogP) is 3.96. The molecule has 0 unspecified atom stereocenters. The maximum atomic E-state index is 14.9. The Hall–Kier alpha value is -5.65. The van der Waals surface area contributed by atoms with E-state index in [9.17, 15) is 18.8 Å². The molecule has 0 atom stereocenters. The molecule has 1 amide bonds. The van der Waals surface area contributed by atoms with Crippen LogP contribution < -0.4 is 16.6 Å². The zero-order valence-electron chi connectivity index (χ0n) is 21.3. The number of fused-ring (bicyclic) bond motifs is 1. The summed E-state index contributed by atoms with van der Waals surface area (Å²) >= 11 is 0. The third-order valence-electron chi connectivity index (χ3n) is 6.49. The normalized spacial score (nSPS) is 11.2. The number of hydrogen-bond donors (Lipinski definition) is 2. The highest BCUT2D eigenvalue weighted by molar-refractivity contribution is 5.92. The van der Waals surface area contributed by atoms with Gasteiger partial charge in [-0.2, -0.15) is 9.67 Å². The molecule has 0 fully saturated rings. The van der Waals surface area contributed by atoms with Gasteiger partial charge in [0, 0.05) is 42.1 Å². The second-order valence-corrected chi connectivity index (χ2v) is 9.02. The molecular weight excluding hydrogens is 515 g/mol. The Morgan fingerprint density at radius 1 is 0.975 bits per heavy atom. The Kier molecular flexibility index (Phi) is 5.91. The summed E-state index contributed by atoms with van der Waals surface area (Å²) in [5.41, 5.74) is 1.20. The molecule has 2 aromatic carbocycles. The molecule has 11 nitrogen and oxygen atoms in total. The maximum absolute atomic E-state index is 14.9. The number of hydrogen-bond acceptors (Lipinski definition) is 6. The summed E-state index contributed by atoms with van der Waals surface area (Å²) in [6.07, 6.45) is 6.64. The average molecular weight is 537 g/mol. The van der Waals surface area contributed by atoms with Crippen LogP contribution in [0, 0.1) is 19.7 Å². The van der Waals surface area contributed by atoms with Crippen LogP contribution in [0.2, 0.25) is 0 Å². The van der Waals surface area contributed by atoms with Crippen molar-refractivity contribution in [2.75, 3.05) is 5.32 Å². The van der Waals surface area contributed by atoms with Crippen molar-refractivity contribution in [3.8, 4) is 22.5 Å². The van der Waals surface area contributed by atoms with E-state index in [1.807, 2.05) is 24.3 Å². The Morgan fingerprint density at radius 2 is 1.80 bits per heavy atom. The van der Waals surface area contributed by atoms with Gasteiger partial charge in [-0.3, -0.25) is 9.78 Å². The fourth-order valence-electron chi connectivity index (χ4n) is 4.53. The first-order valence-electron chi connectivity index (χ1n) is 12.2. The summed E-state index contributed by atoms with van der Waals surface area (Å²) < 4.78 is 18.4. The number of carbonyl (C=O) groups excluding carboxylic acids is 1. The van der Waals surface area contributed by atoms with E-state index < -0.39 is 23.1 Å². The number of imidazole rings is 1. The molecule has 198 valence electrons. The summed E-state index contributed by atoms with van der Waals surface area (Å²) in [7, 11) is 0. The van der Waals surface area contributed by atoms with Gasteiger partial charge in [0.05, 0.1) is 22.6 Å². The molecule has 0 saturated carbocycles. The lowest BCUT2D eigenvalue weighted by Gasteiger charge is -2.11. The van der Waals surface area contributed by atoms with Crippen LogP contribution in [0.1, 0.15) is 11.5 Å². The van der Waals surface area contributed by atoms with Crippen LogP contribution in [0.25, 0.3) is 33.5 Å². The van der Waals surface area contributed by atoms with Crippen molar-refractivity contribution in [1.29, 1.82) is 0 Å². The molecule has 2 N–H and O–H groups in total. The van der Waals surface area contributed by atoms with E-state index >= 15 is 0 Å². The number of benzene rings is 2. The number of amides is 1. The van der Waals surface area contributed by atoms with Crippen LogP contribution >= 0.6 is 0 Å². The molecule has 4 heterocycles. The Labute approximate surface area is 225 Å². The zero-order valence-corrected chi connectivity index (χ0v) is 21.3. The second-order valence-electron chi connectivity index (χ2n) is 9.02. The highest BCUT2D eigenvalue weighted by Crippen LogP contribution is 2.24. The summed E-state index contributed by atoms with van der Waals surface area (Å²) in [6.45, 7) is 3.41. The number of carbonyl (C=O) groups is 1. The van der Waals surface area contributed by atoms with Gasteiger partial charge in [0.2, 0.25) is 0 Å². The number of H-pyrrole nitrogens is 1. The number of rotatable bonds is 4. The number of halogens is 1. The van der Waals surface area contributed by atoms with Crippen molar-refractivity contribution < 1.29 is 9.18 Å². The van der Waals surface area contributed by atoms with E-state index in [2.05, 4.69) is 25.4 Å². The van der Waals surface area contributed by atoms with Gasteiger partial charge in [-0.25, -0.2) is 23.6 Å². The number of aryl methyl sites for hydroxylation is 2. The van der Waals surface area contributed by atoms with Crippen LogP contribution in [0.5, 0.6) is 0 Å². The predicted molar refractivity (Wildman–Crippen MR) is 147 cm³/mol. The molecule has 12 heteroatoms.